The Labute approximate surface area is 193 Å². The van der Waals surface area contributed by atoms with Gasteiger partial charge in [0.2, 0.25) is 5.91 Å². The molecule has 32 heavy (non-hydrogen) atoms. The highest BCUT2D eigenvalue weighted by atomic mass is 35.5. The maximum Gasteiger partial charge on any atom is 0.264 e. The second-order valence-corrected chi connectivity index (χ2v) is 9.58. The first-order chi connectivity index (χ1) is 15.3. The van der Waals surface area contributed by atoms with Crippen molar-refractivity contribution in [2.45, 2.75) is 17.7 Å². The van der Waals surface area contributed by atoms with E-state index in [0.717, 1.165) is 9.87 Å². The molecule has 0 spiro atoms. The van der Waals surface area contributed by atoms with Gasteiger partial charge in [-0.3, -0.25) is 9.10 Å². The van der Waals surface area contributed by atoms with Crippen molar-refractivity contribution in [1.29, 1.82) is 0 Å². The van der Waals surface area contributed by atoms with E-state index in [9.17, 15) is 13.2 Å². The fraction of sp³-hybridized carbons (Fsp3) is 0.208. The number of carbonyl (C=O) groups excluding carboxylic acids is 1. The van der Waals surface area contributed by atoms with Crippen LogP contribution in [0, 0.1) is 0 Å². The monoisotopic (exact) mass is 472 g/mol. The molecule has 0 aliphatic carbocycles. The molecule has 3 rings (SSSR count). The van der Waals surface area contributed by atoms with Crippen molar-refractivity contribution in [3.63, 3.8) is 0 Å². The van der Waals surface area contributed by atoms with E-state index >= 15 is 0 Å². The minimum atomic E-state index is -4.02. The Hall–Kier alpha value is -3.03. The van der Waals surface area contributed by atoms with Gasteiger partial charge in [0.1, 0.15) is 12.3 Å². The summed E-state index contributed by atoms with van der Waals surface area (Å²) in [5.74, 6) is 0.203. The second-order valence-electron chi connectivity index (χ2n) is 7.28. The highest BCUT2D eigenvalue weighted by Gasteiger charge is 2.27. The van der Waals surface area contributed by atoms with Gasteiger partial charge in [-0.2, -0.15) is 0 Å². The van der Waals surface area contributed by atoms with Gasteiger partial charge in [-0.15, -0.1) is 0 Å². The number of ether oxygens (including phenoxy) is 1. The van der Waals surface area contributed by atoms with Crippen LogP contribution in [0.25, 0.3) is 0 Å². The molecule has 0 aliphatic rings. The molecule has 0 unspecified atom stereocenters. The smallest absolute Gasteiger partial charge is 0.264 e. The molecule has 1 amide bonds. The van der Waals surface area contributed by atoms with Crippen molar-refractivity contribution in [2.75, 3.05) is 24.5 Å². The molecule has 0 aromatic heterocycles. The first-order valence-corrected chi connectivity index (χ1v) is 11.9. The Kier molecular flexibility index (Phi) is 7.77. The van der Waals surface area contributed by atoms with Gasteiger partial charge in [0.15, 0.2) is 0 Å². The summed E-state index contributed by atoms with van der Waals surface area (Å²) < 4.78 is 33.0. The SMILES string of the molecule is COc1ccc(S(=O)(=O)N(CC(=O)NC[C@H](C)c2ccccc2)c2cccc(Cl)c2)cc1. The maximum atomic E-state index is 13.4. The molecule has 0 radical (unpaired) electrons. The first kappa shape index (κ1) is 23.6. The number of halogens is 1. The number of rotatable bonds is 9. The van der Waals surface area contributed by atoms with Crippen LogP contribution in [-0.2, 0) is 14.8 Å². The van der Waals surface area contributed by atoms with Gasteiger partial charge in [0.05, 0.1) is 17.7 Å². The maximum absolute atomic E-state index is 13.4. The van der Waals surface area contributed by atoms with Gasteiger partial charge in [0, 0.05) is 11.6 Å². The summed E-state index contributed by atoms with van der Waals surface area (Å²) in [6.45, 7) is 2.00. The lowest BCUT2D eigenvalue weighted by Crippen LogP contribution is -2.41. The van der Waals surface area contributed by atoms with E-state index in [1.807, 2.05) is 37.3 Å². The number of sulfonamides is 1. The Bertz CT molecular complexity index is 1150. The minimum absolute atomic E-state index is 0.0451. The molecule has 168 valence electrons. The predicted molar refractivity (Wildman–Crippen MR) is 127 cm³/mol. The Morgan fingerprint density at radius 3 is 2.34 bits per heavy atom. The van der Waals surface area contributed by atoms with E-state index < -0.39 is 15.9 Å². The molecule has 6 nitrogen and oxygen atoms in total. The van der Waals surface area contributed by atoms with Crippen LogP contribution in [0.1, 0.15) is 18.4 Å². The summed E-state index contributed by atoms with van der Waals surface area (Å²) in [5.41, 5.74) is 1.39. The third-order valence-electron chi connectivity index (χ3n) is 5.00. The number of anilines is 1. The quantitative estimate of drug-likeness (QED) is 0.498. The van der Waals surface area contributed by atoms with Crippen molar-refractivity contribution in [3.8, 4) is 5.75 Å². The third kappa shape index (κ3) is 5.81. The molecule has 8 heteroatoms. The van der Waals surface area contributed by atoms with Crippen LogP contribution in [0.4, 0.5) is 5.69 Å². The number of nitrogens with zero attached hydrogens (tertiary/aromatic N) is 1. The van der Waals surface area contributed by atoms with Crippen LogP contribution in [0.5, 0.6) is 5.75 Å². The van der Waals surface area contributed by atoms with E-state index in [0.29, 0.717) is 23.0 Å². The second kappa shape index (κ2) is 10.5. The highest BCUT2D eigenvalue weighted by molar-refractivity contribution is 7.92. The summed E-state index contributed by atoms with van der Waals surface area (Å²) in [6, 6.07) is 22.2. The number of benzene rings is 3. The van der Waals surface area contributed by atoms with Gasteiger partial charge >= 0.3 is 0 Å². The molecular weight excluding hydrogens is 448 g/mol. The lowest BCUT2D eigenvalue weighted by molar-refractivity contribution is -0.119. The van der Waals surface area contributed by atoms with Crippen molar-refractivity contribution in [2.24, 2.45) is 0 Å². The number of amides is 1. The fourth-order valence-electron chi connectivity index (χ4n) is 3.17. The predicted octanol–water partition coefficient (Wildman–Crippen LogP) is 4.46. The Balaban J connectivity index is 1.82. The molecule has 0 bridgehead atoms. The summed E-state index contributed by atoms with van der Waals surface area (Å²) in [4.78, 5) is 12.8. The number of carbonyl (C=O) groups is 1. The highest BCUT2D eigenvalue weighted by Crippen LogP contribution is 2.27. The topological polar surface area (TPSA) is 75.7 Å². The zero-order valence-corrected chi connectivity index (χ0v) is 19.4. The van der Waals surface area contributed by atoms with E-state index in [-0.39, 0.29) is 17.4 Å². The van der Waals surface area contributed by atoms with Gasteiger partial charge in [-0.25, -0.2) is 8.42 Å². The normalized spacial score (nSPS) is 12.1. The Morgan fingerprint density at radius 2 is 1.72 bits per heavy atom. The van der Waals surface area contributed by atoms with Crippen LogP contribution in [0.15, 0.2) is 83.8 Å². The molecule has 1 N–H and O–H groups in total. The van der Waals surface area contributed by atoms with Gasteiger partial charge < -0.3 is 10.1 Å². The summed E-state index contributed by atoms with van der Waals surface area (Å²) in [7, 11) is -2.52. The minimum Gasteiger partial charge on any atom is -0.497 e. The van der Waals surface area contributed by atoms with Crippen LogP contribution < -0.4 is 14.4 Å². The van der Waals surface area contributed by atoms with E-state index in [4.69, 9.17) is 16.3 Å². The van der Waals surface area contributed by atoms with Crippen molar-refractivity contribution >= 4 is 33.2 Å². The summed E-state index contributed by atoms with van der Waals surface area (Å²) >= 11 is 6.09. The molecular formula is C24H25ClN2O4S. The summed E-state index contributed by atoms with van der Waals surface area (Å²) in [6.07, 6.45) is 0. The molecule has 0 saturated heterocycles. The molecule has 1 atom stereocenters. The number of nitrogens with one attached hydrogen (secondary N) is 1. The lowest BCUT2D eigenvalue weighted by atomic mass is 10.0. The van der Waals surface area contributed by atoms with Crippen LogP contribution in [0.3, 0.4) is 0 Å². The molecule has 3 aromatic rings. The van der Waals surface area contributed by atoms with Gasteiger partial charge in [0.25, 0.3) is 10.0 Å². The van der Waals surface area contributed by atoms with Crippen molar-refractivity contribution in [3.05, 3.63) is 89.4 Å². The number of methoxy groups -OCH3 is 1. The lowest BCUT2D eigenvalue weighted by Gasteiger charge is -2.25. The molecule has 0 aliphatic heterocycles. The average molecular weight is 473 g/mol. The molecule has 3 aromatic carbocycles. The largest absolute Gasteiger partial charge is 0.497 e. The zero-order chi connectivity index (χ0) is 23.1. The van der Waals surface area contributed by atoms with Crippen LogP contribution >= 0.6 is 11.6 Å². The van der Waals surface area contributed by atoms with E-state index in [2.05, 4.69) is 5.32 Å². The average Bonchev–Trinajstić information content (AvgIpc) is 2.81. The molecule has 0 fully saturated rings. The number of hydrogen-bond acceptors (Lipinski definition) is 4. The van der Waals surface area contributed by atoms with E-state index in [1.54, 1.807) is 30.3 Å². The Morgan fingerprint density at radius 1 is 1.03 bits per heavy atom. The fourth-order valence-corrected chi connectivity index (χ4v) is 4.77. The van der Waals surface area contributed by atoms with Crippen LogP contribution in [-0.4, -0.2) is 34.5 Å². The van der Waals surface area contributed by atoms with Crippen molar-refractivity contribution in [1.82, 2.24) is 5.32 Å². The van der Waals surface area contributed by atoms with Gasteiger partial charge in [-0.05, 0) is 53.9 Å². The molecule has 0 saturated carbocycles. The van der Waals surface area contributed by atoms with E-state index in [1.165, 1.54) is 25.3 Å². The third-order valence-corrected chi connectivity index (χ3v) is 7.03. The standard InChI is InChI=1S/C24H25ClN2O4S/c1-18(19-7-4-3-5-8-19)16-26-24(28)17-27(21-10-6-9-20(25)15-21)32(29,30)23-13-11-22(31-2)12-14-23/h3-15,18H,16-17H2,1-2H3,(H,26,28)/t18-/m0/s1. The first-order valence-electron chi connectivity index (χ1n) is 10.1. The van der Waals surface area contributed by atoms with Gasteiger partial charge in [-0.1, -0.05) is 54.9 Å². The zero-order valence-electron chi connectivity index (χ0n) is 17.9. The number of hydrogen-bond donors (Lipinski definition) is 1. The van der Waals surface area contributed by atoms with Crippen LogP contribution in [0.2, 0.25) is 5.02 Å². The molecule has 0 heterocycles. The van der Waals surface area contributed by atoms with Crippen molar-refractivity contribution < 1.29 is 17.9 Å². The summed E-state index contributed by atoms with van der Waals surface area (Å²) in [5, 5.41) is 3.21.